The Labute approximate surface area is 86.5 Å². The van der Waals surface area contributed by atoms with E-state index in [2.05, 4.69) is 10.2 Å². The molecule has 14 heavy (non-hydrogen) atoms. The first-order chi connectivity index (χ1) is 6.46. The van der Waals surface area contributed by atoms with Crippen molar-refractivity contribution < 1.29 is 5.11 Å². The Morgan fingerprint density at radius 3 is 2.79 bits per heavy atom. The van der Waals surface area contributed by atoms with Crippen LogP contribution in [-0.4, -0.2) is 31.2 Å². The number of nitrogens with zero attached hydrogens (tertiary/aromatic N) is 2. The lowest BCUT2D eigenvalue weighted by Crippen LogP contribution is -2.26. The molecule has 2 N–H and O–H groups in total. The van der Waals surface area contributed by atoms with E-state index in [0.29, 0.717) is 17.3 Å². The molecule has 0 bridgehead atoms. The zero-order valence-corrected chi connectivity index (χ0v) is 9.39. The van der Waals surface area contributed by atoms with Crippen molar-refractivity contribution in [1.82, 2.24) is 14.8 Å². The fourth-order valence-corrected chi connectivity index (χ4v) is 1.81. The van der Waals surface area contributed by atoms with E-state index < -0.39 is 5.60 Å². The predicted molar refractivity (Wildman–Crippen MR) is 55.5 cm³/mol. The molecule has 0 fully saturated rings. The average Bonchev–Trinajstić information content (AvgIpc) is 2.45. The molecular weight excluding hydrogens is 202 g/mol. The van der Waals surface area contributed by atoms with Crippen LogP contribution < -0.4 is 5.69 Å². The number of thioether (sulfide) groups is 1. The SMILES string of the molecule is CCC(C)(O)CSc1n[nH]c(=O)n1C. The second-order valence-electron chi connectivity index (χ2n) is 3.51. The molecule has 0 spiro atoms. The molecule has 1 atom stereocenters. The summed E-state index contributed by atoms with van der Waals surface area (Å²) in [5, 5.41) is 16.5. The first-order valence-electron chi connectivity index (χ1n) is 4.43. The number of H-pyrrole nitrogens is 1. The van der Waals surface area contributed by atoms with Gasteiger partial charge in [-0.1, -0.05) is 18.7 Å². The van der Waals surface area contributed by atoms with E-state index in [4.69, 9.17) is 0 Å². The summed E-state index contributed by atoms with van der Waals surface area (Å²) in [5.74, 6) is 0.529. The van der Waals surface area contributed by atoms with Crippen LogP contribution in [0.25, 0.3) is 0 Å². The molecule has 0 radical (unpaired) electrons. The first kappa shape index (κ1) is 11.3. The fourth-order valence-electron chi connectivity index (χ4n) is 0.784. The van der Waals surface area contributed by atoms with Crippen molar-refractivity contribution in [3.05, 3.63) is 10.5 Å². The van der Waals surface area contributed by atoms with Crippen LogP contribution in [0.4, 0.5) is 0 Å². The number of aliphatic hydroxyl groups is 1. The molecule has 1 heterocycles. The van der Waals surface area contributed by atoms with E-state index in [0.717, 1.165) is 0 Å². The van der Waals surface area contributed by atoms with E-state index >= 15 is 0 Å². The topological polar surface area (TPSA) is 70.9 Å². The largest absolute Gasteiger partial charge is 0.389 e. The molecule has 0 aromatic carbocycles. The highest BCUT2D eigenvalue weighted by atomic mass is 32.2. The van der Waals surface area contributed by atoms with E-state index in [1.807, 2.05) is 6.92 Å². The van der Waals surface area contributed by atoms with Gasteiger partial charge in [-0.25, -0.2) is 9.89 Å². The highest BCUT2D eigenvalue weighted by Crippen LogP contribution is 2.21. The number of hydrogen-bond donors (Lipinski definition) is 2. The molecule has 1 rings (SSSR count). The molecule has 0 saturated carbocycles. The Morgan fingerprint density at radius 2 is 2.36 bits per heavy atom. The van der Waals surface area contributed by atoms with Gasteiger partial charge in [-0.2, -0.15) is 0 Å². The van der Waals surface area contributed by atoms with Crippen LogP contribution in [0.15, 0.2) is 9.95 Å². The van der Waals surface area contributed by atoms with E-state index in [-0.39, 0.29) is 5.69 Å². The van der Waals surface area contributed by atoms with E-state index in [1.165, 1.54) is 16.3 Å². The third kappa shape index (κ3) is 2.62. The minimum Gasteiger partial charge on any atom is -0.389 e. The van der Waals surface area contributed by atoms with Crippen LogP contribution in [0.2, 0.25) is 0 Å². The maximum absolute atomic E-state index is 11.0. The van der Waals surface area contributed by atoms with Gasteiger partial charge in [0.25, 0.3) is 0 Å². The molecule has 1 unspecified atom stereocenters. The van der Waals surface area contributed by atoms with Gasteiger partial charge in [0.2, 0.25) is 0 Å². The molecule has 1 aromatic heterocycles. The quantitative estimate of drug-likeness (QED) is 0.714. The van der Waals surface area contributed by atoms with Crippen LogP contribution in [0.3, 0.4) is 0 Å². The Kier molecular flexibility index (Phi) is 3.38. The van der Waals surface area contributed by atoms with Gasteiger partial charge in [0, 0.05) is 12.8 Å². The molecule has 80 valence electrons. The number of aromatic nitrogens is 3. The van der Waals surface area contributed by atoms with Gasteiger partial charge < -0.3 is 5.11 Å². The molecule has 0 aliphatic carbocycles. The molecule has 6 heteroatoms. The van der Waals surface area contributed by atoms with Crippen LogP contribution in [0, 0.1) is 0 Å². The summed E-state index contributed by atoms with van der Waals surface area (Å²) in [6.07, 6.45) is 0.679. The molecule has 0 amide bonds. The smallest absolute Gasteiger partial charge is 0.343 e. The van der Waals surface area contributed by atoms with Gasteiger partial charge in [-0.15, -0.1) is 5.10 Å². The third-order valence-electron chi connectivity index (χ3n) is 2.11. The summed E-state index contributed by atoms with van der Waals surface area (Å²) in [7, 11) is 1.65. The first-order valence-corrected chi connectivity index (χ1v) is 5.41. The lowest BCUT2D eigenvalue weighted by molar-refractivity contribution is 0.0815. The number of rotatable bonds is 4. The van der Waals surface area contributed by atoms with Crippen molar-refractivity contribution >= 4 is 11.8 Å². The molecule has 0 saturated heterocycles. The fraction of sp³-hybridized carbons (Fsp3) is 0.750. The molecular formula is C8H15N3O2S. The molecule has 0 aliphatic rings. The van der Waals surface area contributed by atoms with E-state index in [1.54, 1.807) is 14.0 Å². The Bertz CT molecular complexity index is 356. The standard InChI is InChI=1S/C8H15N3O2S/c1-4-8(2,13)5-14-7-10-9-6(12)11(7)3/h13H,4-5H2,1-3H3,(H,9,12). The number of nitrogens with one attached hydrogen (secondary N) is 1. The third-order valence-corrected chi connectivity index (χ3v) is 3.50. The lowest BCUT2D eigenvalue weighted by atomic mass is 10.1. The highest BCUT2D eigenvalue weighted by Gasteiger charge is 2.19. The molecule has 0 aliphatic heterocycles. The van der Waals surface area contributed by atoms with Crippen LogP contribution in [0.1, 0.15) is 20.3 Å². The second-order valence-corrected chi connectivity index (χ2v) is 4.45. The van der Waals surface area contributed by atoms with Crippen molar-refractivity contribution in [2.75, 3.05) is 5.75 Å². The monoisotopic (exact) mass is 217 g/mol. The van der Waals surface area contributed by atoms with Crippen molar-refractivity contribution in [1.29, 1.82) is 0 Å². The second kappa shape index (κ2) is 4.18. The van der Waals surface area contributed by atoms with Gasteiger partial charge in [0.1, 0.15) is 0 Å². The van der Waals surface area contributed by atoms with Gasteiger partial charge in [-0.05, 0) is 13.3 Å². The van der Waals surface area contributed by atoms with Crippen LogP contribution in [0.5, 0.6) is 0 Å². The Hall–Kier alpha value is -0.750. The normalized spacial score (nSPS) is 15.4. The number of hydrogen-bond acceptors (Lipinski definition) is 4. The summed E-state index contributed by atoms with van der Waals surface area (Å²) in [5.41, 5.74) is -0.941. The van der Waals surface area contributed by atoms with Crippen molar-refractivity contribution in [3.63, 3.8) is 0 Å². The maximum atomic E-state index is 11.0. The van der Waals surface area contributed by atoms with Gasteiger partial charge in [0.15, 0.2) is 5.16 Å². The van der Waals surface area contributed by atoms with Crippen molar-refractivity contribution in [2.24, 2.45) is 7.05 Å². The van der Waals surface area contributed by atoms with Crippen molar-refractivity contribution in [2.45, 2.75) is 31.0 Å². The van der Waals surface area contributed by atoms with E-state index in [9.17, 15) is 9.90 Å². The minimum absolute atomic E-state index is 0.233. The highest BCUT2D eigenvalue weighted by molar-refractivity contribution is 7.99. The predicted octanol–water partition coefficient (Wildman–Crippen LogP) is 0.361. The zero-order chi connectivity index (χ0) is 10.8. The van der Waals surface area contributed by atoms with Crippen molar-refractivity contribution in [3.8, 4) is 0 Å². The summed E-state index contributed by atoms with van der Waals surface area (Å²) >= 11 is 1.37. The number of aromatic amines is 1. The Morgan fingerprint density at radius 1 is 1.71 bits per heavy atom. The Balaban J connectivity index is 2.63. The summed E-state index contributed by atoms with van der Waals surface area (Å²) in [6.45, 7) is 3.69. The lowest BCUT2D eigenvalue weighted by Gasteiger charge is -2.19. The molecule has 1 aromatic rings. The summed E-state index contributed by atoms with van der Waals surface area (Å²) in [6, 6.07) is 0. The minimum atomic E-state index is -0.709. The average molecular weight is 217 g/mol. The van der Waals surface area contributed by atoms with Gasteiger partial charge in [0.05, 0.1) is 5.60 Å². The molecule has 5 nitrogen and oxygen atoms in total. The van der Waals surface area contributed by atoms with Crippen LogP contribution >= 0.6 is 11.8 Å². The van der Waals surface area contributed by atoms with Crippen LogP contribution in [-0.2, 0) is 7.05 Å². The zero-order valence-electron chi connectivity index (χ0n) is 8.57. The van der Waals surface area contributed by atoms with Gasteiger partial charge in [-0.3, -0.25) is 4.57 Å². The van der Waals surface area contributed by atoms with Gasteiger partial charge >= 0.3 is 5.69 Å². The summed E-state index contributed by atoms with van der Waals surface area (Å²) in [4.78, 5) is 11.0. The maximum Gasteiger partial charge on any atom is 0.343 e. The summed E-state index contributed by atoms with van der Waals surface area (Å²) < 4.78 is 1.43.